The average molecular weight is 385 g/mol. The zero-order valence-corrected chi connectivity index (χ0v) is 16.4. The number of rotatable bonds is 8. The molecule has 1 aliphatic rings. The van der Waals surface area contributed by atoms with Crippen LogP contribution in [0.3, 0.4) is 0 Å². The fraction of sp³-hybridized carbons (Fsp3) is 0.476. The first kappa shape index (κ1) is 20.1. The molecule has 1 aromatic carbocycles. The Hall–Kier alpha value is -2.67. The third-order valence-corrected chi connectivity index (χ3v) is 5.14. The summed E-state index contributed by atoms with van der Waals surface area (Å²) in [5.41, 5.74) is 1.09. The molecule has 0 spiro atoms. The minimum Gasteiger partial charge on any atom is -0.376 e. The van der Waals surface area contributed by atoms with Gasteiger partial charge in [0.1, 0.15) is 6.54 Å². The summed E-state index contributed by atoms with van der Waals surface area (Å²) in [6, 6.07) is 7.33. The molecule has 1 saturated heterocycles. The van der Waals surface area contributed by atoms with Crippen molar-refractivity contribution in [2.75, 3.05) is 26.2 Å². The van der Waals surface area contributed by atoms with Crippen LogP contribution in [0.2, 0.25) is 0 Å². The Morgan fingerprint density at radius 3 is 2.64 bits per heavy atom. The number of fused-ring (bicyclic) bond motifs is 1. The van der Waals surface area contributed by atoms with E-state index in [1.807, 2.05) is 32.0 Å². The Morgan fingerprint density at radius 2 is 1.96 bits per heavy atom. The standard InChI is InChI=1S/C21H27N3O4/c1-3-23(4-2)21(27)20(26)17-13-24(18-10-6-5-9-16(17)18)14-19(25)22-12-15-8-7-11-28-15/h5-6,9-10,13,15H,3-4,7-8,11-12,14H2,1-2H3,(H,22,25)/t15-/m1/s1. The summed E-state index contributed by atoms with van der Waals surface area (Å²) in [6.45, 7) is 5.96. The van der Waals surface area contributed by atoms with E-state index in [0.29, 0.717) is 30.6 Å². The van der Waals surface area contributed by atoms with Crippen LogP contribution in [-0.2, 0) is 20.9 Å². The number of benzene rings is 1. The van der Waals surface area contributed by atoms with E-state index in [1.54, 1.807) is 16.8 Å². The first-order valence-electron chi connectivity index (χ1n) is 9.84. The van der Waals surface area contributed by atoms with Crippen LogP contribution in [0.1, 0.15) is 37.0 Å². The molecule has 1 atom stereocenters. The summed E-state index contributed by atoms with van der Waals surface area (Å²) in [6.07, 6.45) is 3.67. The molecule has 28 heavy (non-hydrogen) atoms. The van der Waals surface area contributed by atoms with Crippen molar-refractivity contribution in [1.29, 1.82) is 0 Å². The minimum absolute atomic E-state index is 0.0780. The van der Waals surface area contributed by atoms with Gasteiger partial charge in [-0.15, -0.1) is 0 Å². The van der Waals surface area contributed by atoms with E-state index < -0.39 is 11.7 Å². The molecule has 3 rings (SSSR count). The van der Waals surface area contributed by atoms with E-state index in [4.69, 9.17) is 4.74 Å². The molecular formula is C21H27N3O4. The topological polar surface area (TPSA) is 80.6 Å². The van der Waals surface area contributed by atoms with Gasteiger partial charge in [-0.25, -0.2) is 0 Å². The van der Waals surface area contributed by atoms with Crippen molar-refractivity contribution in [2.24, 2.45) is 0 Å². The lowest BCUT2D eigenvalue weighted by atomic mass is 10.1. The Kier molecular flexibility index (Phi) is 6.46. The highest BCUT2D eigenvalue weighted by atomic mass is 16.5. The molecule has 2 heterocycles. The van der Waals surface area contributed by atoms with E-state index in [9.17, 15) is 14.4 Å². The lowest BCUT2D eigenvalue weighted by molar-refractivity contribution is -0.126. The van der Waals surface area contributed by atoms with Gasteiger partial charge < -0.3 is 19.5 Å². The van der Waals surface area contributed by atoms with Crippen LogP contribution < -0.4 is 5.32 Å². The van der Waals surface area contributed by atoms with Crippen LogP contribution in [0.15, 0.2) is 30.5 Å². The van der Waals surface area contributed by atoms with E-state index in [2.05, 4.69) is 5.32 Å². The lowest BCUT2D eigenvalue weighted by Crippen LogP contribution is -2.36. The van der Waals surface area contributed by atoms with Gasteiger partial charge in [0.15, 0.2) is 0 Å². The molecule has 0 aliphatic carbocycles. The summed E-state index contributed by atoms with van der Waals surface area (Å²) < 4.78 is 7.25. The van der Waals surface area contributed by atoms with E-state index in [-0.39, 0.29) is 18.6 Å². The lowest BCUT2D eigenvalue weighted by Gasteiger charge is -2.17. The van der Waals surface area contributed by atoms with Crippen LogP contribution in [0.25, 0.3) is 10.9 Å². The van der Waals surface area contributed by atoms with Crippen molar-refractivity contribution in [3.8, 4) is 0 Å². The van der Waals surface area contributed by atoms with Gasteiger partial charge in [-0.05, 0) is 32.8 Å². The van der Waals surface area contributed by atoms with Crippen molar-refractivity contribution < 1.29 is 19.1 Å². The number of nitrogens with one attached hydrogen (secondary N) is 1. The zero-order chi connectivity index (χ0) is 20.1. The van der Waals surface area contributed by atoms with Gasteiger partial charge in [-0.3, -0.25) is 14.4 Å². The Morgan fingerprint density at radius 1 is 1.21 bits per heavy atom. The van der Waals surface area contributed by atoms with Crippen LogP contribution in [0, 0.1) is 0 Å². The maximum absolute atomic E-state index is 12.8. The maximum atomic E-state index is 12.8. The molecule has 0 saturated carbocycles. The molecule has 1 aromatic heterocycles. The molecule has 1 N–H and O–H groups in total. The average Bonchev–Trinajstić information content (AvgIpc) is 3.35. The molecular weight excluding hydrogens is 358 g/mol. The predicted molar refractivity (Wildman–Crippen MR) is 106 cm³/mol. The Labute approximate surface area is 164 Å². The van der Waals surface area contributed by atoms with E-state index >= 15 is 0 Å². The first-order valence-corrected chi connectivity index (χ1v) is 9.84. The highest BCUT2D eigenvalue weighted by molar-refractivity contribution is 6.44. The van der Waals surface area contributed by atoms with Crippen molar-refractivity contribution in [1.82, 2.24) is 14.8 Å². The van der Waals surface area contributed by atoms with Crippen LogP contribution in [-0.4, -0.2) is 59.4 Å². The summed E-state index contributed by atoms with van der Waals surface area (Å²) in [5, 5.41) is 3.57. The van der Waals surface area contributed by atoms with Gasteiger partial charge in [0, 0.05) is 43.3 Å². The molecule has 2 amide bonds. The molecule has 0 radical (unpaired) electrons. The molecule has 0 unspecified atom stereocenters. The van der Waals surface area contributed by atoms with Crippen LogP contribution in [0.4, 0.5) is 0 Å². The smallest absolute Gasteiger partial charge is 0.295 e. The van der Waals surface area contributed by atoms with Gasteiger partial charge in [-0.2, -0.15) is 0 Å². The van der Waals surface area contributed by atoms with Gasteiger partial charge in [-0.1, -0.05) is 18.2 Å². The number of Topliss-reactive ketones (excluding diaryl/α,β-unsaturated/α-hetero) is 1. The van der Waals surface area contributed by atoms with Crippen LogP contribution >= 0.6 is 0 Å². The number of hydrogen-bond donors (Lipinski definition) is 1. The number of aromatic nitrogens is 1. The quantitative estimate of drug-likeness (QED) is 0.557. The fourth-order valence-corrected chi connectivity index (χ4v) is 3.57. The number of carbonyl (C=O) groups is 3. The Balaban J connectivity index is 1.79. The number of ether oxygens (including phenoxy) is 1. The van der Waals surface area contributed by atoms with Gasteiger partial charge in [0.05, 0.1) is 11.7 Å². The largest absolute Gasteiger partial charge is 0.376 e. The van der Waals surface area contributed by atoms with E-state index in [1.165, 1.54) is 4.90 Å². The third kappa shape index (κ3) is 4.25. The van der Waals surface area contributed by atoms with E-state index in [0.717, 1.165) is 25.0 Å². The number of nitrogens with zero attached hydrogens (tertiary/aromatic N) is 2. The summed E-state index contributed by atoms with van der Waals surface area (Å²) in [5.74, 6) is -1.21. The maximum Gasteiger partial charge on any atom is 0.295 e. The highest BCUT2D eigenvalue weighted by Gasteiger charge is 2.25. The van der Waals surface area contributed by atoms with Crippen LogP contribution in [0.5, 0.6) is 0 Å². The summed E-state index contributed by atoms with van der Waals surface area (Å²) in [4.78, 5) is 39.2. The highest BCUT2D eigenvalue weighted by Crippen LogP contribution is 2.22. The summed E-state index contributed by atoms with van der Waals surface area (Å²) >= 11 is 0. The molecule has 7 heteroatoms. The summed E-state index contributed by atoms with van der Waals surface area (Å²) in [7, 11) is 0. The van der Waals surface area contributed by atoms with Gasteiger partial charge in [0.2, 0.25) is 5.91 Å². The Bertz CT molecular complexity index is 864. The van der Waals surface area contributed by atoms with Crippen molar-refractivity contribution in [3.63, 3.8) is 0 Å². The number of para-hydroxylation sites is 1. The zero-order valence-electron chi connectivity index (χ0n) is 16.4. The van der Waals surface area contributed by atoms with Gasteiger partial charge in [0.25, 0.3) is 11.7 Å². The van der Waals surface area contributed by atoms with Crippen molar-refractivity contribution in [3.05, 3.63) is 36.0 Å². The third-order valence-electron chi connectivity index (χ3n) is 5.14. The minimum atomic E-state index is -0.543. The normalized spacial score (nSPS) is 16.3. The second-order valence-corrected chi connectivity index (χ2v) is 6.93. The molecule has 150 valence electrons. The SMILES string of the molecule is CCN(CC)C(=O)C(=O)c1cn(CC(=O)NC[C@H]2CCCO2)c2ccccc12. The molecule has 2 aromatic rings. The van der Waals surface area contributed by atoms with Crippen molar-refractivity contribution >= 4 is 28.5 Å². The number of likely N-dealkylation sites (N-methyl/N-ethyl adjacent to an activating group) is 1. The van der Waals surface area contributed by atoms with Crippen molar-refractivity contribution in [2.45, 2.75) is 39.3 Å². The monoisotopic (exact) mass is 385 g/mol. The number of hydrogen-bond acceptors (Lipinski definition) is 4. The molecule has 7 nitrogen and oxygen atoms in total. The second-order valence-electron chi connectivity index (χ2n) is 6.93. The number of carbonyl (C=O) groups excluding carboxylic acids is 3. The second kappa shape index (κ2) is 9.01. The fourth-order valence-electron chi connectivity index (χ4n) is 3.57. The number of amides is 2. The number of ketones is 1. The van der Waals surface area contributed by atoms with Gasteiger partial charge >= 0.3 is 0 Å². The predicted octanol–water partition coefficient (Wildman–Crippen LogP) is 1.99. The first-order chi connectivity index (χ1) is 13.5. The molecule has 0 bridgehead atoms. The molecule has 1 aliphatic heterocycles. The molecule has 1 fully saturated rings.